The van der Waals surface area contributed by atoms with Gasteiger partial charge in [-0.05, 0) is 50.1 Å². The number of aromatic nitrogens is 1. The van der Waals surface area contributed by atoms with Crippen LogP contribution < -0.4 is 0 Å². The molecule has 2 radical (unpaired) electrons. The fourth-order valence-corrected chi connectivity index (χ4v) is 3.95. The highest BCUT2D eigenvalue weighted by Gasteiger charge is 2.46. The van der Waals surface area contributed by atoms with Crippen LogP contribution in [0.2, 0.25) is 6.55 Å². The minimum Gasteiger partial charge on any atom is -0.406 e. The van der Waals surface area contributed by atoms with Crippen molar-refractivity contribution in [2.75, 3.05) is 0 Å². The molecule has 0 saturated carbocycles. The highest BCUT2D eigenvalue weighted by molar-refractivity contribution is 9.10. The molecule has 1 N–H and O–H groups in total. The number of H-pyrrole nitrogens is 1. The summed E-state index contributed by atoms with van der Waals surface area (Å²) < 4.78 is 7.46. The van der Waals surface area contributed by atoms with Crippen LogP contribution in [-0.2, 0) is 10.0 Å². The lowest BCUT2D eigenvalue weighted by Crippen LogP contribution is -2.46. The Morgan fingerprint density at radius 3 is 2.36 bits per heavy atom. The lowest BCUT2D eigenvalue weighted by molar-refractivity contribution is -0.0608. The van der Waals surface area contributed by atoms with Crippen LogP contribution in [0.5, 0.6) is 0 Å². The molecule has 0 aliphatic heterocycles. The summed E-state index contributed by atoms with van der Waals surface area (Å²) >= 11 is 3.63. The fourth-order valence-electron chi connectivity index (χ4n) is 2.81. The number of rotatable bonds is 5. The summed E-state index contributed by atoms with van der Waals surface area (Å²) in [6.07, 6.45) is 0. The molecule has 1 aromatic carbocycles. The van der Waals surface area contributed by atoms with Gasteiger partial charge in [-0.3, -0.25) is 0 Å². The molecular weight excluding hydrogens is 354 g/mol. The predicted molar refractivity (Wildman–Crippen MR) is 99.4 cm³/mol. The molecule has 0 saturated heterocycles. The lowest BCUT2D eigenvalue weighted by Gasteiger charge is -2.46. The molecule has 1 atom stereocenters. The number of aromatic amines is 1. The maximum Gasteiger partial charge on any atom is 0.227 e. The van der Waals surface area contributed by atoms with E-state index in [2.05, 4.69) is 87.2 Å². The molecule has 0 fully saturated rings. The first-order chi connectivity index (χ1) is 10.1. The number of fused-ring (bicyclic) bond motifs is 1. The Morgan fingerprint density at radius 2 is 1.82 bits per heavy atom. The number of aryl methyl sites for hydroxylation is 1. The number of nitrogens with one attached hydrogen (secondary N) is 1. The van der Waals surface area contributed by atoms with E-state index in [9.17, 15) is 0 Å². The summed E-state index contributed by atoms with van der Waals surface area (Å²) in [6, 6.07) is 6.62. The van der Waals surface area contributed by atoms with Gasteiger partial charge >= 0.3 is 0 Å². The highest BCUT2D eigenvalue weighted by atomic mass is 79.9. The van der Waals surface area contributed by atoms with Gasteiger partial charge in [0, 0.05) is 26.5 Å². The number of benzene rings is 1. The van der Waals surface area contributed by atoms with Crippen LogP contribution in [0, 0.1) is 18.3 Å². The minimum atomic E-state index is -0.340. The maximum atomic E-state index is 6.32. The van der Waals surface area contributed by atoms with Crippen LogP contribution in [0.4, 0.5) is 0 Å². The van der Waals surface area contributed by atoms with Gasteiger partial charge < -0.3 is 9.41 Å². The SMILES string of the molecule is C[Si]OC(C)(c1cc2cc(Br)c(C)cc2[nH]1)C(C)(C)C(C)C. The van der Waals surface area contributed by atoms with Crippen LogP contribution in [-0.4, -0.2) is 14.7 Å². The van der Waals surface area contributed by atoms with Crippen LogP contribution >= 0.6 is 15.9 Å². The van der Waals surface area contributed by atoms with Crippen molar-refractivity contribution in [3.63, 3.8) is 0 Å². The lowest BCUT2D eigenvalue weighted by atomic mass is 9.67. The summed E-state index contributed by atoms with van der Waals surface area (Å²) in [5.41, 5.74) is 3.25. The van der Waals surface area contributed by atoms with Gasteiger partial charge in [0.25, 0.3) is 0 Å². The molecule has 0 aliphatic carbocycles. The van der Waals surface area contributed by atoms with Crippen LogP contribution in [0.25, 0.3) is 10.9 Å². The Bertz CT molecular complexity index is 638. The molecule has 0 spiro atoms. The molecule has 1 heterocycles. The van der Waals surface area contributed by atoms with Gasteiger partial charge in [-0.2, -0.15) is 0 Å². The van der Waals surface area contributed by atoms with Crippen molar-refractivity contribution < 1.29 is 4.43 Å². The number of hydrogen-bond acceptors (Lipinski definition) is 1. The van der Waals surface area contributed by atoms with Gasteiger partial charge in [-0.1, -0.05) is 43.6 Å². The Kier molecular flexibility index (Phi) is 4.96. The zero-order valence-corrected chi connectivity index (χ0v) is 17.2. The van der Waals surface area contributed by atoms with Crippen LogP contribution in [0.3, 0.4) is 0 Å². The van der Waals surface area contributed by atoms with Crippen molar-refractivity contribution in [1.29, 1.82) is 0 Å². The third-order valence-electron chi connectivity index (χ3n) is 5.39. The molecule has 1 unspecified atom stereocenters. The van der Waals surface area contributed by atoms with E-state index in [4.69, 9.17) is 4.43 Å². The minimum absolute atomic E-state index is 0.0170. The molecule has 0 bridgehead atoms. The second kappa shape index (κ2) is 6.14. The third kappa shape index (κ3) is 2.81. The first-order valence-corrected chi connectivity index (χ1v) is 9.97. The number of halogens is 1. The zero-order chi connectivity index (χ0) is 16.7. The second-order valence-corrected chi connectivity index (χ2v) is 8.55. The van der Waals surface area contributed by atoms with E-state index in [1.165, 1.54) is 16.5 Å². The summed E-state index contributed by atoms with van der Waals surface area (Å²) in [4.78, 5) is 3.61. The van der Waals surface area contributed by atoms with E-state index < -0.39 is 0 Å². The highest BCUT2D eigenvalue weighted by Crippen LogP contribution is 2.47. The molecule has 2 nitrogen and oxygen atoms in total. The zero-order valence-electron chi connectivity index (χ0n) is 14.6. The van der Waals surface area contributed by atoms with Crippen LogP contribution in [0.1, 0.15) is 45.9 Å². The van der Waals surface area contributed by atoms with E-state index in [1.54, 1.807) is 0 Å². The van der Waals surface area contributed by atoms with Gasteiger partial charge in [0.2, 0.25) is 9.76 Å². The van der Waals surface area contributed by atoms with E-state index in [1.807, 2.05) is 0 Å². The van der Waals surface area contributed by atoms with Crippen molar-refractivity contribution in [2.45, 2.75) is 53.7 Å². The molecule has 2 aromatic rings. The van der Waals surface area contributed by atoms with E-state index >= 15 is 0 Å². The third-order valence-corrected chi connectivity index (χ3v) is 6.86. The predicted octanol–water partition coefficient (Wildman–Crippen LogP) is 5.82. The van der Waals surface area contributed by atoms with Gasteiger partial charge in [-0.15, -0.1) is 0 Å². The van der Waals surface area contributed by atoms with Gasteiger partial charge in [-0.25, -0.2) is 0 Å². The Labute approximate surface area is 145 Å². The van der Waals surface area contributed by atoms with Crippen molar-refractivity contribution >= 4 is 36.6 Å². The smallest absolute Gasteiger partial charge is 0.227 e. The molecule has 0 aliphatic rings. The largest absolute Gasteiger partial charge is 0.406 e. The van der Waals surface area contributed by atoms with Crippen molar-refractivity contribution in [3.05, 3.63) is 33.9 Å². The van der Waals surface area contributed by atoms with E-state index in [0.717, 1.165) is 10.2 Å². The summed E-state index contributed by atoms with van der Waals surface area (Å²) in [7, 11) is 0.454. The molecule has 120 valence electrons. The second-order valence-electron chi connectivity index (χ2n) is 7.09. The molecule has 0 amide bonds. The number of hydrogen-bond donors (Lipinski definition) is 1. The van der Waals surface area contributed by atoms with E-state index in [-0.39, 0.29) is 11.0 Å². The average Bonchev–Trinajstić information content (AvgIpc) is 2.82. The Morgan fingerprint density at radius 1 is 1.18 bits per heavy atom. The standard InChI is InChI=1S/C18H26BrNOSi/c1-11(2)17(4,5)18(6,21-22-7)16-10-13-9-14(19)12(3)8-15(13)20-16/h8-11,20H,1-7H3. The van der Waals surface area contributed by atoms with Gasteiger partial charge in [0.1, 0.15) is 0 Å². The fraction of sp³-hybridized carbons (Fsp3) is 0.556. The summed E-state index contributed by atoms with van der Waals surface area (Å²) in [5.74, 6) is 0.508. The molecule has 2 rings (SSSR count). The first kappa shape index (κ1) is 17.8. The summed E-state index contributed by atoms with van der Waals surface area (Å²) in [5, 5.41) is 1.22. The topological polar surface area (TPSA) is 25.0 Å². The molecule has 22 heavy (non-hydrogen) atoms. The Hall–Kier alpha value is -0.583. The van der Waals surface area contributed by atoms with Gasteiger partial charge in [0.05, 0.1) is 5.60 Å². The molecule has 4 heteroatoms. The normalized spacial score (nSPS) is 15.5. The quantitative estimate of drug-likeness (QED) is 0.650. The van der Waals surface area contributed by atoms with Crippen molar-refractivity contribution in [1.82, 2.24) is 4.98 Å². The van der Waals surface area contributed by atoms with Crippen molar-refractivity contribution in [2.24, 2.45) is 11.3 Å². The molecular formula is C18H26BrNOSi. The first-order valence-electron chi connectivity index (χ1n) is 7.77. The van der Waals surface area contributed by atoms with Crippen molar-refractivity contribution in [3.8, 4) is 0 Å². The summed E-state index contributed by atoms with van der Waals surface area (Å²) in [6.45, 7) is 15.6. The Balaban J connectivity index is 2.63. The van der Waals surface area contributed by atoms with E-state index in [0.29, 0.717) is 15.7 Å². The molecule has 1 aromatic heterocycles. The van der Waals surface area contributed by atoms with Crippen LogP contribution in [0.15, 0.2) is 22.7 Å². The average molecular weight is 380 g/mol. The monoisotopic (exact) mass is 379 g/mol. The van der Waals surface area contributed by atoms with Gasteiger partial charge in [0.15, 0.2) is 0 Å². The maximum absolute atomic E-state index is 6.32.